The molecular formula is C20H42O4. The molecule has 0 aliphatic carbocycles. The SMILES string of the molecule is CCCCCCCCCCCCCCCCCC(=O)OO.CCO. The number of hydrogen-bond donors (Lipinski definition) is 2. The molecule has 0 fully saturated rings. The number of carbonyl (C=O) groups excluding carboxylic acids is 1. The highest BCUT2D eigenvalue weighted by atomic mass is 17.1. The molecule has 0 aromatic carbocycles. The Morgan fingerprint density at radius 2 is 0.958 bits per heavy atom. The maximum atomic E-state index is 10.7. The summed E-state index contributed by atoms with van der Waals surface area (Å²) in [6, 6.07) is 0. The van der Waals surface area contributed by atoms with Crippen LogP contribution in [0.2, 0.25) is 0 Å². The van der Waals surface area contributed by atoms with Gasteiger partial charge in [0.25, 0.3) is 0 Å². The van der Waals surface area contributed by atoms with E-state index in [1.54, 1.807) is 6.92 Å². The molecule has 0 aromatic rings. The summed E-state index contributed by atoms with van der Waals surface area (Å²) in [6.07, 6.45) is 20.0. The van der Waals surface area contributed by atoms with Gasteiger partial charge in [-0.05, 0) is 13.3 Å². The van der Waals surface area contributed by atoms with E-state index in [-0.39, 0.29) is 6.61 Å². The molecule has 0 heterocycles. The molecule has 0 spiro atoms. The van der Waals surface area contributed by atoms with Gasteiger partial charge in [-0.2, -0.15) is 5.26 Å². The fraction of sp³-hybridized carbons (Fsp3) is 0.950. The van der Waals surface area contributed by atoms with Crippen molar-refractivity contribution in [3.8, 4) is 0 Å². The predicted molar refractivity (Wildman–Crippen MR) is 101 cm³/mol. The first-order valence-electron chi connectivity index (χ1n) is 10.2. The van der Waals surface area contributed by atoms with Gasteiger partial charge in [-0.3, -0.25) is 0 Å². The number of aliphatic hydroxyl groups is 1. The van der Waals surface area contributed by atoms with Gasteiger partial charge in [0.15, 0.2) is 0 Å². The van der Waals surface area contributed by atoms with E-state index in [1.807, 2.05) is 0 Å². The van der Waals surface area contributed by atoms with E-state index in [2.05, 4.69) is 11.8 Å². The highest BCUT2D eigenvalue weighted by molar-refractivity contribution is 5.68. The van der Waals surface area contributed by atoms with Crippen LogP contribution < -0.4 is 0 Å². The first-order chi connectivity index (χ1) is 11.7. The number of carbonyl (C=O) groups is 1. The van der Waals surface area contributed by atoms with E-state index in [0.29, 0.717) is 6.42 Å². The van der Waals surface area contributed by atoms with E-state index in [0.717, 1.165) is 12.8 Å². The Morgan fingerprint density at radius 1 is 0.667 bits per heavy atom. The molecule has 146 valence electrons. The molecule has 0 aliphatic heterocycles. The zero-order valence-corrected chi connectivity index (χ0v) is 16.2. The number of aliphatic hydroxyl groups excluding tert-OH is 1. The Morgan fingerprint density at radius 3 is 1.25 bits per heavy atom. The molecule has 0 saturated carbocycles. The average Bonchev–Trinajstić information content (AvgIpc) is 2.58. The Hall–Kier alpha value is -0.610. The summed E-state index contributed by atoms with van der Waals surface area (Å²) < 4.78 is 0. The normalized spacial score (nSPS) is 10.2. The van der Waals surface area contributed by atoms with E-state index in [4.69, 9.17) is 10.4 Å². The maximum Gasteiger partial charge on any atom is 0.342 e. The van der Waals surface area contributed by atoms with Crippen LogP contribution in [-0.4, -0.2) is 22.9 Å². The molecule has 2 N–H and O–H groups in total. The second-order valence-electron chi connectivity index (χ2n) is 6.48. The lowest BCUT2D eigenvalue weighted by Gasteiger charge is -2.03. The van der Waals surface area contributed by atoms with Crippen molar-refractivity contribution in [1.82, 2.24) is 0 Å². The molecule has 0 rings (SSSR count). The van der Waals surface area contributed by atoms with Crippen molar-refractivity contribution in [2.24, 2.45) is 0 Å². The lowest BCUT2D eigenvalue weighted by Crippen LogP contribution is -1.99. The zero-order chi connectivity index (χ0) is 18.3. The first-order valence-corrected chi connectivity index (χ1v) is 10.2. The van der Waals surface area contributed by atoms with Gasteiger partial charge in [-0.1, -0.05) is 96.8 Å². The Bertz CT molecular complexity index is 232. The van der Waals surface area contributed by atoms with Crippen molar-refractivity contribution in [2.75, 3.05) is 6.61 Å². The molecule has 0 amide bonds. The topological polar surface area (TPSA) is 66.8 Å². The third-order valence-corrected chi connectivity index (χ3v) is 4.09. The molecule has 0 radical (unpaired) electrons. The van der Waals surface area contributed by atoms with E-state index >= 15 is 0 Å². The zero-order valence-electron chi connectivity index (χ0n) is 16.2. The summed E-state index contributed by atoms with van der Waals surface area (Å²) in [7, 11) is 0. The Balaban J connectivity index is 0. The van der Waals surface area contributed by atoms with Crippen molar-refractivity contribution >= 4 is 5.97 Å². The second-order valence-corrected chi connectivity index (χ2v) is 6.48. The van der Waals surface area contributed by atoms with E-state index in [9.17, 15) is 4.79 Å². The summed E-state index contributed by atoms with van der Waals surface area (Å²) in [4.78, 5) is 14.3. The van der Waals surface area contributed by atoms with Crippen LogP contribution in [0, 0.1) is 0 Å². The van der Waals surface area contributed by atoms with Gasteiger partial charge in [0, 0.05) is 13.0 Å². The fourth-order valence-electron chi connectivity index (χ4n) is 2.69. The van der Waals surface area contributed by atoms with Gasteiger partial charge < -0.3 is 9.99 Å². The van der Waals surface area contributed by atoms with Crippen molar-refractivity contribution in [1.29, 1.82) is 0 Å². The number of unbranched alkanes of at least 4 members (excludes halogenated alkanes) is 14. The van der Waals surface area contributed by atoms with E-state index in [1.165, 1.54) is 83.5 Å². The molecule has 4 heteroatoms. The second kappa shape index (κ2) is 24.6. The first kappa shape index (κ1) is 25.6. The highest BCUT2D eigenvalue weighted by Gasteiger charge is 2.00. The highest BCUT2D eigenvalue weighted by Crippen LogP contribution is 2.13. The predicted octanol–water partition coefficient (Wildman–Crippen LogP) is 6.26. The van der Waals surface area contributed by atoms with Crippen molar-refractivity contribution in [2.45, 2.75) is 117 Å². The minimum absolute atomic E-state index is 0.250. The lowest BCUT2D eigenvalue weighted by atomic mass is 10.0. The molecule has 0 unspecified atom stereocenters. The minimum atomic E-state index is -0.510. The largest absolute Gasteiger partial charge is 0.397 e. The minimum Gasteiger partial charge on any atom is -0.397 e. The fourth-order valence-corrected chi connectivity index (χ4v) is 2.69. The van der Waals surface area contributed by atoms with Gasteiger partial charge >= 0.3 is 5.97 Å². The lowest BCUT2D eigenvalue weighted by molar-refractivity contribution is -0.234. The van der Waals surface area contributed by atoms with Crippen LogP contribution in [-0.2, 0) is 9.68 Å². The average molecular weight is 347 g/mol. The van der Waals surface area contributed by atoms with Gasteiger partial charge in [0.1, 0.15) is 0 Å². The standard InChI is InChI=1S/C18H36O3.C2H6O/c1-2-3-4-5-6-7-8-9-10-11-12-13-14-15-16-17-18(19)21-20;1-2-3/h20H,2-17H2,1H3;3H,2H2,1H3. The molecule has 4 nitrogen and oxygen atoms in total. The van der Waals surface area contributed by atoms with Crippen molar-refractivity contribution in [3.63, 3.8) is 0 Å². The number of rotatable bonds is 16. The van der Waals surface area contributed by atoms with Gasteiger partial charge in [-0.25, -0.2) is 4.79 Å². The van der Waals surface area contributed by atoms with Crippen LogP contribution in [0.1, 0.15) is 117 Å². The summed E-state index contributed by atoms with van der Waals surface area (Å²) in [5, 5.41) is 15.7. The van der Waals surface area contributed by atoms with Crippen molar-refractivity contribution in [3.05, 3.63) is 0 Å². The molecule has 0 bridgehead atoms. The summed E-state index contributed by atoms with van der Waals surface area (Å²) in [5.41, 5.74) is 0. The van der Waals surface area contributed by atoms with Crippen LogP contribution in [0.25, 0.3) is 0 Å². The monoisotopic (exact) mass is 346 g/mol. The van der Waals surface area contributed by atoms with Crippen molar-refractivity contribution < 1.29 is 20.0 Å². The van der Waals surface area contributed by atoms with Gasteiger partial charge in [0.2, 0.25) is 0 Å². The van der Waals surface area contributed by atoms with Gasteiger partial charge in [0.05, 0.1) is 0 Å². The Kier molecular flexibility index (Phi) is 26.3. The van der Waals surface area contributed by atoms with Crippen LogP contribution in [0.4, 0.5) is 0 Å². The van der Waals surface area contributed by atoms with Crippen LogP contribution >= 0.6 is 0 Å². The molecule has 0 aromatic heterocycles. The summed E-state index contributed by atoms with van der Waals surface area (Å²) >= 11 is 0. The summed E-state index contributed by atoms with van der Waals surface area (Å²) in [6.45, 7) is 4.20. The number of hydrogen-bond acceptors (Lipinski definition) is 4. The third-order valence-electron chi connectivity index (χ3n) is 4.09. The molecule has 0 aliphatic rings. The molecule has 24 heavy (non-hydrogen) atoms. The molecule has 0 atom stereocenters. The van der Waals surface area contributed by atoms with Crippen LogP contribution in [0.5, 0.6) is 0 Å². The maximum absolute atomic E-state index is 10.7. The molecular weight excluding hydrogens is 304 g/mol. The van der Waals surface area contributed by atoms with Crippen LogP contribution in [0.15, 0.2) is 0 Å². The van der Waals surface area contributed by atoms with Gasteiger partial charge in [-0.15, -0.1) is 0 Å². The quantitative estimate of drug-likeness (QED) is 0.196. The molecule has 0 saturated heterocycles. The summed E-state index contributed by atoms with van der Waals surface area (Å²) in [5.74, 6) is -0.510. The van der Waals surface area contributed by atoms with Crippen LogP contribution in [0.3, 0.4) is 0 Å². The van der Waals surface area contributed by atoms with E-state index < -0.39 is 5.97 Å². The smallest absolute Gasteiger partial charge is 0.342 e. The third kappa shape index (κ3) is 26.3. The Labute approximate surface area is 149 Å².